The van der Waals surface area contributed by atoms with Gasteiger partial charge in [-0.2, -0.15) is 0 Å². The summed E-state index contributed by atoms with van der Waals surface area (Å²) in [7, 11) is 0. The molecule has 2 atom stereocenters. The van der Waals surface area contributed by atoms with Crippen LogP contribution in [-0.4, -0.2) is 12.6 Å². The number of para-hydroxylation sites is 1. The highest BCUT2D eigenvalue weighted by Gasteiger charge is 2.33. The van der Waals surface area contributed by atoms with Crippen LogP contribution in [0.25, 0.3) is 0 Å². The van der Waals surface area contributed by atoms with Crippen LogP contribution in [0.15, 0.2) is 82.9 Å². The molecule has 0 spiro atoms. The average Bonchev–Trinajstić information content (AvgIpc) is 2.67. The predicted molar refractivity (Wildman–Crippen MR) is 110 cm³/mol. The number of anilines is 1. The number of hydrogen-bond donors (Lipinski definition) is 0. The predicted octanol–water partition coefficient (Wildman–Crippen LogP) is 6.16. The highest BCUT2D eigenvalue weighted by Crippen LogP contribution is 2.40. The highest BCUT2D eigenvalue weighted by molar-refractivity contribution is 9.10. The van der Waals surface area contributed by atoms with E-state index in [0.717, 1.165) is 18.9 Å². The van der Waals surface area contributed by atoms with E-state index in [2.05, 4.69) is 93.7 Å². The summed E-state index contributed by atoms with van der Waals surface area (Å²) >= 11 is 3.77. The second-order valence-electron chi connectivity index (χ2n) is 7.00. The Hall–Kier alpha value is -1.80. The van der Waals surface area contributed by atoms with Gasteiger partial charge in [0.25, 0.3) is 0 Å². The van der Waals surface area contributed by atoms with Crippen molar-refractivity contribution in [2.24, 2.45) is 5.92 Å². The first-order valence-corrected chi connectivity index (χ1v) is 10.0. The van der Waals surface area contributed by atoms with Crippen molar-refractivity contribution in [3.63, 3.8) is 0 Å². The van der Waals surface area contributed by atoms with Crippen LogP contribution in [0.4, 0.5) is 5.69 Å². The van der Waals surface area contributed by atoms with Gasteiger partial charge in [-0.05, 0) is 70.8 Å². The lowest BCUT2D eigenvalue weighted by Crippen LogP contribution is -2.45. The Balaban J connectivity index is 1.63. The van der Waals surface area contributed by atoms with Gasteiger partial charge in [0.05, 0.1) is 11.7 Å². The summed E-state index contributed by atoms with van der Waals surface area (Å²) in [4.78, 5) is 2.62. The number of rotatable bonds is 4. The van der Waals surface area contributed by atoms with E-state index >= 15 is 0 Å². The third-order valence-electron chi connectivity index (χ3n) is 5.51. The molecule has 2 unspecified atom stereocenters. The van der Waals surface area contributed by atoms with E-state index in [1.54, 1.807) is 5.57 Å². The Morgan fingerprint density at radius 2 is 1.80 bits per heavy atom. The van der Waals surface area contributed by atoms with Gasteiger partial charge in [0.2, 0.25) is 0 Å². The molecule has 1 heterocycles. The number of piperidine rings is 1. The fraction of sp³-hybridized carbons (Fsp3) is 0.304. The highest BCUT2D eigenvalue weighted by atomic mass is 79.9. The summed E-state index contributed by atoms with van der Waals surface area (Å²) in [6, 6.07) is 20.0. The summed E-state index contributed by atoms with van der Waals surface area (Å²) in [6.45, 7) is 1.14. The molecule has 25 heavy (non-hydrogen) atoms. The quantitative estimate of drug-likeness (QED) is 0.600. The minimum Gasteiger partial charge on any atom is -0.364 e. The summed E-state index contributed by atoms with van der Waals surface area (Å²) in [5, 5.41) is 0. The molecular weight excluding hydrogens is 370 g/mol. The van der Waals surface area contributed by atoms with Crippen molar-refractivity contribution >= 4 is 21.6 Å². The molecule has 0 bridgehead atoms. The monoisotopic (exact) mass is 393 g/mol. The number of aryl methyl sites for hydroxylation is 1. The molecule has 1 saturated heterocycles. The lowest BCUT2D eigenvalue weighted by molar-refractivity contribution is 0.427. The number of nitrogens with zero attached hydrogens (tertiary/aromatic N) is 1. The molecule has 1 fully saturated rings. The molecule has 0 N–H and O–H groups in total. The van der Waals surface area contributed by atoms with Gasteiger partial charge in [0, 0.05) is 11.0 Å². The Bertz CT molecular complexity index is 778. The van der Waals surface area contributed by atoms with E-state index in [4.69, 9.17) is 0 Å². The number of benzene rings is 2. The second-order valence-corrected chi connectivity index (χ2v) is 7.86. The number of hydrogen-bond acceptors (Lipinski definition) is 1. The van der Waals surface area contributed by atoms with Gasteiger partial charge in [-0.15, -0.1) is 0 Å². The third kappa shape index (κ3) is 3.59. The molecular formula is C23H24BrN. The standard InChI is InChI=1S/C23H24BrN/c24-21-12-6-7-13-23(21)25-17-16-19-10-4-5-11-20(19)22(25)15-14-18-8-2-1-3-9-18/h1-9,11-13,19,22H,10,14-17H2. The Kier molecular flexibility index (Phi) is 5.07. The van der Waals surface area contributed by atoms with Crippen molar-refractivity contribution in [1.29, 1.82) is 0 Å². The van der Waals surface area contributed by atoms with Crippen LogP contribution in [0.3, 0.4) is 0 Å². The molecule has 2 aromatic carbocycles. The molecule has 0 radical (unpaired) electrons. The van der Waals surface area contributed by atoms with E-state index in [1.807, 2.05) is 0 Å². The first-order valence-electron chi connectivity index (χ1n) is 9.24. The third-order valence-corrected chi connectivity index (χ3v) is 6.18. The van der Waals surface area contributed by atoms with Crippen molar-refractivity contribution in [3.05, 3.63) is 88.4 Å². The zero-order valence-electron chi connectivity index (χ0n) is 14.4. The molecule has 128 valence electrons. The molecule has 2 aliphatic rings. The fourth-order valence-electron chi connectivity index (χ4n) is 4.24. The first-order chi connectivity index (χ1) is 12.3. The van der Waals surface area contributed by atoms with Crippen molar-refractivity contribution in [3.8, 4) is 0 Å². The molecule has 1 aliphatic carbocycles. The molecule has 0 amide bonds. The largest absolute Gasteiger partial charge is 0.364 e. The number of fused-ring (bicyclic) bond motifs is 1. The first kappa shape index (κ1) is 16.7. The molecule has 2 aromatic rings. The average molecular weight is 394 g/mol. The summed E-state index contributed by atoms with van der Waals surface area (Å²) in [6.07, 6.45) is 11.7. The van der Waals surface area contributed by atoms with Gasteiger partial charge >= 0.3 is 0 Å². The van der Waals surface area contributed by atoms with Crippen LogP contribution in [0.2, 0.25) is 0 Å². The molecule has 0 aromatic heterocycles. The van der Waals surface area contributed by atoms with Crippen LogP contribution in [0.5, 0.6) is 0 Å². The SMILES string of the molecule is Brc1ccccc1N1CCC2CC=CC=C2C1CCc1ccccc1. The van der Waals surface area contributed by atoms with Gasteiger partial charge < -0.3 is 4.90 Å². The zero-order chi connectivity index (χ0) is 17.1. The normalized spacial score (nSPS) is 22.4. The van der Waals surface area contributed by atoms with Crippen LogP contribution in [0.1, 0.15) is 24.8 Å². The van der Waals surface area contributed by atoms with Gasteiger partial charge in [0.1, 0.15) is 0 Å². The maximum Gasteiger partial charge on any atom is 0.0515 e. The summed E-state index contributed by atoms with van der Waals surface area (Å²) < 4.78 is 1.20. The van der Waals surface area contributed by atoms with E-state index in [9.17, 15) is 0 Å². The summed E-state index contributed by atoms with van der Waals surface area (Å²) in [5.74, 6) is 0.726. The van der Waals surface area contributed by atoms with Gasteiger partial charge in [-0.3, -0.25) is 0 Å². The molecule has 1 nitrogen and oxygen atoms in total. The topological polar surface area (TPSA) is 3.24 Å². The van der Waals surface area contributed by atoms with Crippen LogP contribution >= 0.6 is 15.9 Å². The van der Waals surface area contributed by atoms with Crippen molar-refractivity contribution in [2.45, 2.75) is 31.7 Å². The van der Waals surface area contributed by atoms with Crippen LogP contribution in [0, 0.1) is 5.92 Å². The van der Waals surface area contributed by atoms with Crippen LogP contribution in [-0.2, 0) is 6.42 Å². The lowest BCUT2D eigenvalue weighted by Gasteiger charge is -2.44. The van der Waals surface area contributed by atoms with Crippen molar-refractivity contribution in [2.75, 3.05) is 11.4 Å². The van der Waals surface area contributed by atoms with Crippen molar-refractivity contribution in [1.82, 2.24) is 0 Å². The Morgan fingerprint density at radius 1 is 1.00 bits per heavy atom. The van der Waals surface area contributed by atoms with Gasteiger partial charge in [-0.25, -0.2) is 0 Å². The maximum atomic E-state index is 3.77. The van der Waals surface area contributed by atoms with E-state index in [0.29, 0.717) is 6.04 Å². The van der Waals surface area contributed by atoms with E-state index in [-0.39, 0.29) is 0 Å². The smallest absolute Gasteiger partial charge is 0.0515 e. The molecule has 0 saturated carbocycles. The Labute approximate surface area is 159 Å². The van der Waals surface area contributed by atoms with E-state index < -0.39 is 0 Å². The maximum absolute atomic E-state index is 3.77. The van der Waals surface area contributed by atoms with Crippen molar-refractivity contribution < 1.29 is 0 Å². The second kappa shape index (κ2) is 7.61. The minimum absolute atomic E-state index is 0.489. The van der Waals surface area contributed by atoms with Gasteiger partial charge in [0.15, 0.2) is 0 Å². The minimum atomic E-state index is 0.489. The van der Waals surface area contributed by atoms with E-state index in [1.165, 1.54) is 35.0 Å². The Morgan fingerprint density at radius 3 is 2.64 bits per heavy atom. The molecule has 1 aliphatic heterocycles. The zero-order valence-corrected chi connectivity index (χ0v) is 16.0. The van der Waals surface area contributed by atoms with Gasteiger partial charge in [-0.1, -0.05) is 60.7 Å². The molecule has 4 rings (SSSR count). The van der Waals surface area contributed by atoms with Crippen LogP contribution < -0.4 is 4.90 Å². The number of halogens is 1. The number of allylic oxidation sites excluding steroid dienone is 3. The summed E-state index contributed by atoms with van der Waals surface area (Å²) in [5.41, 5.74) is 4.39. The fourth-order valence-corrected chi connectivity index (χ4v) is 4.75. The lowest BCUT2D eigenvalue weighted by atomic mass is 9.78. The molecule has 2 heteroatoms.